The summed E-state index contributed by atoms with van der Waals surface area (Å²) in [4.78, 5) is 2.42. The molecule has 0 saturated carbocycles. The first-order valence-corrected chi connectivity index (χ1v) is 20.1. The van der Waals surface area contributed by atoms with Gasteiger partial charge in [-0.1, -0.05) is 147 Å². The highest BCUT2D eigenvalue weighted by atomic mass is 16.3. The van der Waals surface area contributed by atoms with Crippen molar-refractivity contribution in [2.75, 3.05) is 4.90 Å². The summed E-state index contributed by atoms with van der Waals surface area (Å²) in [6.07, 6.45) is 0. The van der Waals surface area contributed by atoms with Gasteiger partial charge in [-0.25, -0.2) is 0 Å². The van der Waals surface area contributed by atoms with Gasteiger partial charge in [0.1, 0.15) is 11.2 Å². The number of furan rings is 1. The fraction of sp³-hybridized carbons (Fsp3) is 0.0545. The van der Waals surface area contributed by atoms with Crippen molar-refractivity contribution in [2.24, 2.45) is 0 Å². The van der Waals surface area contributed by atoms with E-state index in [4.69, 9.17) is 4.42 Å². The van der Waals surface area contributed by atoms with Gasteiger partial charge >= 0.3 is 0 Å². The minimum Gasteiger partial charge on any atom is -0.456 e. The van der Waals surface area contributed by atoms with E-state index in [1.807, 2.05) is 0 Å². The Morgan fingerprint density at radius 1 is 0.448 bits per heavy atom. The quantitative estimate of drug-likeness (QED) is 0.175. The molecule has 0 atom stereocenters. The van der Waals surface area contributed by atoms with Crippen molar-refractivity contribution in [1.82, 2.24) is 4.57 Å². The van der Waals surface area contributed by atoms with E-state index in [0.29, 0.717) is 0 Å². The van der Waals surface area contributed by atoms with E-state index in [1.54, 1.807) is 0 Å². The normalized spacial score (nSPS) is 13.1. The highest BCUT2D eigenvalue weighted by molar-refractivity contribution is 6.27. The van der Waals surface area contributed by atoms with E-state index in [9.17, 15) is 0 Å². The lowest BCUT2D eigenvalue weighted by Gasteiger charge is -2.28. The molecule has 58 heavy (non-hydrogen) atoms. The molecule has 1 aliphatic carbocycles. The summed E-state index contributed by atoms with van der Waals surface area (Å²) in [5, 5.41) is 7.04. The van der Waals surface area contributed by atoms with Gasteiger partial charge in [0.05, 0.1) is 16.7 Å². The first kappa shape index (κ1) is 32.8. The molecule has 0 N–H and O–H groups in total. The number of fused-ring (bicyclic) bond motifs is 10. The molecule has 0 bridgehead atoms. The van der Waals surface area contributed by atoms with Gasteiger partial charge < -0.3 is 13.9 Å². The topological polar surface area (TPSA) is 21.3 Å². The summed E-state index contributed by atoms with van der Waals surface area (Å²) in [5.74, 6) is 0. The first-order chi connectivity index (χ1) is 28.5. The third kappa shape index (κ3) is 4.68. The Morgan fingerprint density at radius 2 is 1.12 bits per heavy atom. The molecule has 9 aromatic carbocycles. The molecule has 1 aliphatic rings. The number of hydrogen-bond donors (Lipinski definition) is 0. The maximum Gasteiger partial charge on any atom is 0.138 e. The summed E-state index contributed by atoms with van der Waals surface area (Å²) in [7, 11) is 0. The van der Waals surface area contributed by atoms with Gasteiger partial charge in [-0.2, -0.15) is 0 Å². The zero-order valence-electron chi connectivity index (χ0n) is 32.3. The Labute approximate surface area is 336 Å². The van der Waals surface area contributed by atoms with Crippen LogP contribution in [0.2, 0.25) is 0 Å². The first-order valence-electron chi connectivity index (χ1n) is 20.1. The Bertz CT molecular complexity index is 3420. The zero-order chi connectivity index (χ0) is 38.5. The number of rotatable bonds is 5. The molecular weight excluding hydrogens is 705 g/mol. The fourth-order valence-corrected chi connectivity index (χ4v) is 9.92. The van der Waals surface area contributed by atoms with Crippen LogP contribution in [0.15, 0.2) is 199 Å². The van der Waals surface area contributed by atoms with Gasteiger partial charge in [-0.15, -0.1) is 0 Å². The van der Waals surface area contributed by atoms with Gasteiger partial charge in [0.2, 0.25) is 0 Å². The standard InChI is InChI=1S/C55H38N2O/c1-55(2)45-25-13-11-23-41(45)42-30-28-39(33-46(42)55)56(37-20-7-4-8-21-37)38-29-31-48-44(32-38)53-49(57(48)47-26-15-19-35-16-9-10-22-40(35)47)34-51-54(43-24-12-14-27-50(43)58-51)52(53)36-17-5-3-6-18-36/h3-34H,1-2H3. The van der Waals surface area contributed by atoms with Crippen LogP contribution in [-0.2, 0) is 5.41 Å². The average molecular weight is 743 g/mol. The Hall–Kier alpha value is -7.36. The van der Waals surface area contributed by atoms with Crippen molar-refractivity contribution in [1.29, 1.82) is 0 Å². The molecule has 274 valence electrons. The van der Waals surface area contributed by atoms with Crippen LogP contribution in [0, 0.1) is 0 Å². The molecule has 2 heterocycles. The maximum absolute atomic E-state index is 6.73. The third-order valence-electron chi connectivity index (χ3n) is 12.5. The van der Waals surface area contributed by atoms with Crippen molar-refractivity contribution in [3.63, 3.8) is 0 Å². The van der Waals surface area contributed by atoms with Crippen molar-refractivity contribution in [3.05, 3.63) is 205 Å². The SMILES string of the molecule is CC1(C)c2ccccc2-c2ccc(N(c3ccccc3)c3ccc4c(c3)c3c(-c5ccccc5)c5c(cc3n4-c3cccc4ccccc34)oc3ccccc35)cc21. The number of aromatic nitrogens is 1. The molecule has 0 aliphatic heterocycles. The van der Waals surface area contributed by atoms with Crippen molar-refractivity contribution in [3.8, 4) is 27.9 Å². The molecule has 0 amide bonds. The van der Waals surface area contributed by atoms with E-state index in [-0.39, 0.29) is 5.41 Å². The van der Waals surface area contributed by atoms with Crippen LogP contribution < -0.4 is 4.90 Å². The lowest BCUT2D eigenvalue weighted by Crippen LogP contribution is -2.16. The second-order valence-corrected chi connectivity index (χ2v) is 16.1. The van der Waals surface area contributed by atoms with Gasteiger partial charge in [-0.3, -0.25) is 0 Å². The predicted molar refractivity (Wildman–Crippen MR) is 243 cm³/mol. The van der Waals surface area contributed by atoms with Crippen molar-refractivity contribution in [2.45, 2.75) is 19.3 Å². The van der Waals surface area contributed by atoms with Crippen LogP contribution in [0.1, 0.15) is 25.0 Å². The lowest BCUT2D eigenvalue weighted by molar-refractivity contribution is 0.660. The van der Waals surface area contributed by atoms with Gasteiger partial charge in [0, 0.05) is 61.0 Å². The molecule has 0 unspecified atom stereocenters. The zero-order valence-corrected chi connectivity index (χ0v) is 32.3. The second kappa shape index (κ2) is 12.3. The minimum absolute atomic E-state index is 0.122. The molecule has 3 nitrogen and oxygen atoms in total. The monoisotopic (exact) mass is 742 g/mol. The number of anilines is 3. The minimum atomic E-state index is -0.122. The van der Waals surface area contributed by atoms with Crippen LogP contribution in [0.4, 0.5) is 17.1 Å². The second-order valence-electron chi connectivity index (χ2n) is 16.1. The highest BCUT2D eigenvalue weighted by Gasteiger charge is 2.36. The van der Waals surface area contributed by atoms with Crippen molar-refractivity contribution >= 4 is 71.6 Å². The summed E-state index contributed by atoms with van der Waals surface area (Å²) in [6, 6.07) is 70.6. The fourth-order valence-electron chi connectivity index (χ4n) is 9.92. The Balaban J connectivity index is 1.20. The van der Waals surface area contributed by atoms with Gasteiger partial charge in [-0.05, 0) is 87.8 Å². The van der Waals surface area contributed by atoms with E-state index in [2.05, 4.69) is 217 Å². The molecule has 0 fully saturated rings. The maximum atomic E-state index is 6.73. The molecule has 0 radical (unpaired) electrons. The number of nitrogens with zero attached hydrogens (tertiary/aromatic N) is 2. The van der Waals surface area contributed by atoms with E-state index >= 15 is 0 Å². The van der Waals surface area contributed by atoms with Crippen LogP contribution in [-0.4, -0.2) is 4.57 Å². The van der Waals surface area contributed by atoms with E-state index < -0.39 is 0 Å². The summed E-state index contributed by atoms with van der Waals surface area (Å²) in [6.45, 7) is 4.71. The molecule has 12 rings (SSSR count). The van der Waals surface area contributed by atoms with Crippen molar-refractivity contribution < 1.29 is 4.42 Å². The highest BCUT2D eigenvalue weighted by Crippen LogP contribution is 2.52. The molecular formula is C55H38N2O. The Morgan fingerprint density at radius 3 is 1.98 bits per heavy atom. The smallest absolute Gasteiger partial charge is 0.138 e. The summed E-state index contributed by atoms with van der Waals surface area (Å²) in [5.41, 5.74) is 16.1. The Kier molecular flexibility index (Phi) is 6.98. The average Bonchev–Trinajstić information content (AvgIpc) is 3.88. The van der Waals surface area contributed by atoms with Gasteiger partial charge in [0.25, 0.3) is 0 Å². The molecule has 0 spiro atoms. The predicted octanol–water partition coefficient (Wildman–Crippen LogP) is 15.3. The van der Waals surface area contributed by atoms with Crippen LogP contribution in [0.25, 0.3) is 82.5 Å². The largest absolute Gasteiger partial charge is 0.456 e. The molecule has 0 saturated heterocycles. The molecule has 2 aromatic heterocycles. The van der Waals surface area contributed by atoms with Crippen LogP contribution in [0.5, 0.6) is 0 Å². The number of hydrogen-bond acceptors (Lipinski definition) is 2. The van der Waals surface area contributed by atoms with E-state index in [1.165, 1.54) is 49.4 Å². The number of benzene rings is 9. The van der Waals surface area contributed by atoms with Gasteiger partial charge in [0.15, 0.2) is 0 Å². The van der Waals surface area contributed by atoms with Crippen LogP contribution >= 0.6 is 0 Å². The molecule has 11 aromatic rings. The summed E-state index contributed by atoms with van der Waals surface area (Å²) >= 11 is 0. The summed E-state index contributed by atoms with van der Waals surface area (Å²) < 4.78 is 9.19. The van der Waals surface area contributed by atoms with E-state index in [0.717, 1.165) is 61.3 Å². The third-order valence-corrected chi connectivity index (χ3v) is 12.5. The molecule has 3 heteroatoms. The number of para-hydroxylation sites is 2. The van der Waals surface area contributed by atoms with Crippen LogP contribution in [0.3, 0.4) is 0 Å². The lowest BCUT2D eigenvalue weighted by atomic mass is 9.82.